The van der Waals surface area contributed by atoms with Gasteiger partial charge in [-0.3, -0.25) is 14.4 Å². The number of carbonyl (C=O) groups excluding carboxylic acids is 1. The zero-order valence-corrected chi connectivity index (χ0v) is 15.9. The number of hydrogen-bond acceptors (Lipinski definition) is 3. The molecule has 26 heavy (non-hydrogen) atoms. The van der Waals surface area contributed by atoms with Gasteiger partial charge in [-0.25, -0.2) is 0 Å². The highest BCUT2D eigenvalue weighted by Crippen LogP contribution is 2.19. The summed E-state index contributed by atoms with van der Waals surface area (Å²) in [5, 5.41) is 7.61. The molecule has 0 bridgehead atoms. The van der Waals surface area contributed by atoms with Crippen molar-refractivity contribution in [3.05, 3.63) is 53.3 Å². The van der Waals surface area contributed by atoms with Crippen LogP contribution in [-0.2, 0) is 17.9 Å². The van der Waals surface area contributed by atoms with Crippen LogP contribution in [-0.4, -0.2) is 39.7 Å². The van der Waals surface area contributed by atoms with E-state index in [1.807, 2.05) is 17.7 Å². The molecule has 5 nitrogen and oxygen atoms in total. The number of hydrogen-bond donors (Lipinski definition) is 1. The summed E-state index contributed by atoms with van der Waals surface area (Å²) in [5.41, 5.74) is 3.50. The molecule has 5 heteroatoms. The molecule has 0 spiro atoms. The number of rotatable bonds is 7. The quantitative estimate of drug-likeness (QED) is 0.778. The lowest BCUT2D eigenvalue weighted by Crippen LogP contribution is -2.49. The predicted octanol–water partition coefficient (Wildman–Crippen LogP) is 3.06. The lowest BCUT2D eigenvalue weighted by Gasteiger charge is -2.34. The summed E-state index contributed by atoms with van der Waals surface area (Å²) in [6.45, 7) is 7.48. The number of aryl methyl sites for hydroxylation is 3. The van der Waals surface area contributed by atoms with Gasteiger partial charge in [-0.1, -0.05) is 36.8 Å². The van der Waals surface area contributed by atoms with Crippen LogP contribution in [0.4, 0.5) is 0 Å². The van der Waals surface area contributed by atoms with E-state index in [9.17, 15) is 4.79 Å². The van der Waals surface area contributed by atoms with Crippen molar-refractivity contribution in [2.45, 2.75) is 58.7 Å². The minimum Gasteiger partial charge on any atom is -0.355 e. The summed E-state index contributed by atoms with van der Waals surface area (Å²) in [6, 6.07) is 12.5. The number of benzene rings is 1. The zero-order chi connectivity index (χ0) is 18.4. The van der Waals surface area contributed by atoms with Crippen LogP contribution < -0.4 is 5.32 Å². The first-order valence-electron chi connectivity index (χ1n) is 9.70. The maximum Gasteiger partial charge on any atom is 0.237 e. The van der Waals surface area contributed by atoms with E-state index in [1.165, 1.54) is 17.7 Å². The minimum atomic E-state index is -0.00219. The van der Waals surface area contributed by atoms with Crippen molar-refractivity contribution < 1.29 is 4.79 Å². The number of amides is 1. The van der Waals surface area contributed by atoms with Crippen LogP contribution in [0.5, 0.6) is 0 Å². The fraction of sp³-hybridized carbons (Fsp3) is 0.524. The molecule has 1 aliphatic rings. The summed E-state index contributed by atoms with van der Waals surface area (Å²) in [6.07, 6.45) is 4.17. The summed E-state index contributed by atoms with van der Waals surface area (Å²) in [5.74, 6) is 0.175. The van der Waals surface area contributed by atoms with Gasteiger partial charge in [0.1, 0.15) is 0 Å². The van der Waals surface area contributed by atoms with Gasteiger partial charge in [0.2, 0.25) is 5.91 Å². The van der Waals surface area contributed by atoms with Gasteiger partial charge in [-0.2, -0.15) is 5.10 Å². The van der Waals surface area contributed by atoms with Crippen LogP contribution in [0.25, 0.3) is 0 Å². The molecule has 140 valence electrons. The second-order valence-corrected chi connectivity index (χ2v) is 7.26. The Bertz CT molecular complexity index is 710. The molecule has 1 unspecified atom stereocenters. The van der Waals surface area contributed by atoms with E-state index in [1.54, 1.807) is 0 Å². The summed E-state index contributed by atoms with van der Waals surface area (Å²) < 4.78 is 2.02. The van der Waals surface area contributed by atoms with Gasteiger partial charge in [0.25, 0.3) is 0 Å². The van der Waals surface area contributed by atoms with E-state index in [-0.39, 0.29) is 11.9 Å². The fourth-order valence-corrected chi connectivity index (χ4v) is 3.75. The molecule has 1 atom stereocenters. The van der Waals surface area contributed by atoms with Crippen molar-refractivity contribution in [1.29, 1.82) is 0 Å². The fourth-order valence-electron chi connectivity index (χ4n) is 3.75. The minimum absolute atomic E-state index is 0.00219. The predicted molar refractivity (Wildman–Crippen MR) is 104 cm³/mol. The molecule has 1 aliphatic heterocycles. The molecular weight excluding hydrogens is 324 g/mol. The van der Waals surface area contributed by atoms with E-state index in [2.05, 4.69) is 52.6 Å². The topological polar surface area (TPSA) is 50.2 Å². The number of nitrogens with zero attached hydrogens (tertiary/aromatic N) is 3. The van der Waals surface area contributed by atoms with Crippen LogP contribution >= 0.6 is 0 Å². The molecule has 1 saturated heterocycles. The van der Waals surface area contributed by atoms with Crippen molar-refractivity contribution in [2.75, 3.05) is 13.1 Å². The third-order valence-corrected chi connectivity index (χ3v) is 5.09. The molecule has 0 radical (unpaired) electrons. The maximum absolute atomic E-state index is 12.7. The van der Waals surface area contributed by atoms with E-state index in [0.717, 1.165) is 44.6 Å². The van der Waals surface area contributed by atoms with Gasteiger partial charge >= 0.3 is 0 Å². The number of aromatic nitrogens is 2. The van der Waals surface area contributed by atoms with Crippen molar-refractivity contribution >= 4 is 5.91 Å². The third kappa shape index (κ3) is 4.94. The van der Waals surface area contributed by atoms with Crippen molar-refractivity contribution in [1.82, 2.24) is 20.0 Å². The van der Waals surface area contributed by atoms with Gasteiger partial charge in [0, 0.05) is 25.3 Å². The number of piperidine rings is 1. The molecule has 1 fully saturated rings. The van der Waals surface area contributed by atoms with Crippen LogP contribution in [0.2, 0.25) is 0 Å². The molecule has 1 aromatic heterocycles. The van der Waals surface area contributed by atoms with Crippen LogP contribution in [0, 0.1) is 13.8 Å². The lowest BCUT2D eigenvalue weighted by atomic mass is 10.0. The Hall–Kier alpha value is -2.14. The molecule has 3 rings (SSSR count). The summed E-state index contributed by atoms with van der Waals surface area (Å²) in [4.78, 5) is 15.0. The van der Waals surface area contributed by atoms with E-state index >= 15 is 0 Å². The first kappa shape index (κ1) is 18.6. The normalized spacial score (nSPS) is 18.0. The molecular formula is C21H30N4O. The Balaban J connectivity index is 1.48. The van der Waals surface area contributed by atoms with Crippen molar-refractivity contribution in [3.8, 4) is 0 Å². The zero-order valence-electron chi connectivity index (χ0n) is 15.9. The van der Waals surface area contributed by atoms with Crippen LogP contribution in [0.15, 0.2) is 36.4 Å². The molecule has 0 aliphatic carbocycles. The smallest absolute Gasteiger partial charge is 0.237 e. The molecule has 2 aromatic rings. The SMILES string of the molecule is Cc1cc(C)n(CCCNC(=O)C2CCCCN2Cc2ccccc2)n1. The highest BCUT2D eigenvalue weighted by molar-refractivity contribution is 5.81. The Morgan fingerprint density at radius 1 is 1.23 bits per heavy atom. The highest BCUT2D eigenvalue weighted by atomic mass is 16.2. The number of carbonyl (C=O) groups is 1. The standard InChI is InChI=1S/C21H30N4O/c1-17-15-18(2)25(23-17)14-8-12-22-21(26)20-11-6-7-13-24(20)16-19-9-4-3-5-10-19/h3-5,9-10,15,20H,6-8,11-14,16H2,1-2H3,(H,22,26). The second kappa shape index (κ2) is 8.99. The van der Waals surface area contributed by atoms with Gasteiger partial charge in [-0.15, -0.1) is 0 Å². The van der Waals surface area contributed by atoms with Crippen molar-refractivity contribution in [2.24, 2.45) is 0 Å². The largest absolute Gasteiger partial charge is 0.355 e. The third-order valence-electron chi connectivity index (χ3n) is 5.09. The maximum atomic E-state index is 12.7. The Labute approximate surface area is 156 Å². The Kier molecular flexibility index (Phi) is 6.45. The average molecular weight is 354 g/mol. The van der Waals surface area contributed by atoms with E-state index in [0.29, 0.717) is 6.54 Å². The molecule has 2 heterocycles. The number of nitrogens with one attached hydrogen (secondary N) is 1. The molecule has 0 saturated carbocycles. The first-order valence-corrected chi connectivity index (χ1v) is 9.70. The van der Waals surface area contributed by atoms with Crippen LogP contribution in [0.1, 0.15) is 42.6 Å². The van der Waals surface area contributed by atoms with Gasteiger partial charge < -0.3 is 5.32 Å². The van der Waals surface area contributed by atoms with Crippen molar-refractivity contribution in [3.63, 3.8) is 0 Å². The lowest BCUT2D eigenvalue weighted by molar-refractivity contribution is -0.127. The molecule has 1 N–H and O–H groups in total. The Morgan fingerprint density at radius 3 is 2.77 bits per heavy atom. The average Bonchev–Trinajstić information content (AvgIpc) is 2.97. The highest BCUT2D eigenvalue weighted by Gasteiger charge is 2.28. The van der Waals surface area contributed by atoms with E-state index < -0.39 is 0 Å². The monoisotopic (exact) mass is 354 g/mol. The summed E-state index contributed by atoms with van der Waals surface area (Å²) >= 11 is 0. The first-order chi connectivity index (χ1) is 12.6. The van der Waals surface area contributed by atoms with Gasteiger partial charge in [0.15, 0.2) is 0 Å². The van der Waals surface area contributed by atoms with Gasteiger partial charge in [0.05, 0.1) is 11.7 Å². The number of likely N-dealkylation sites (tertiary alicyclic amines) is 1. The molecule has 1 amide bonds. The van der Waals surface area contributed by atoms with Crippen LogP contribution in [0.3, 0.4) is 0 Å². The summed E-state index contributed by atoms with van der Waals surface area (Å²) in [7, 11) is 0. The van der Waals surface area contributed by atoms with Gasteiger partial charge in [-0.05, 0) is 51.3 Å². The Morgan fingerprint density at radius 2 is 2.04 bits per heavy atom. The molecule has 1 aromatic carbocycles. The van der Waals surface area contributed by atoms with E-state index in [4.69, 9.17) is 0 Å². The second-order valence-electron chi connectivity index (χ2n) is 7.26.